The Morgan fingerprint density at radius 1 is 0.883 bits per heavy atom. The van der Waals surface area contributed by atoms with Gasteiger partial charge in [0.2, 0.25) is 17.7 Å². The van der Waals surface area contributed by atoms with Crippen molar-refractivity contribution in [2.45, 2.75) is 81.3 Å². The molecule has 0 unspecified atom stereocenters. The summed E-state index contributed by atoms with van der Waals surface area (Å²) in [5, 5.41) is 16.3. The molecule has 0 radical (unpaired) electrons. The van der Waals surface area contributed by atoms with Crippen LogP contribution in [0, 0.1) is 11.8 Å². The van der Waals surface area contributed by atoms with Gasteiger partial charge >= 0.3 is 6.09 Å². The lowest BCUT2D eigenvalue weighted by Gasteiger charge is -2.28. The molecule has 9 rings (SSSR count). The van der Waals surface area contributed by atoms with Crippen molar-refractivity contribution in [2.75, 3.05) is 26.4 Å². The van der Waals surface area contributed by atoms with Crippen LogP contribution in [0.15, 0.2) is 60.8 Å². The third-order valence-corrected chi connectivity index (χ3v) is 15.1. The SMILES string of the molecule is COC(=O)N[C@H](C(=O)N1C[Si](C)(C)C[C@H]1c1ncc(-c2ccc(-c3ccc4c(ccc5[nH]c([C@@H]6CC(F)(F)CN6C(=O)[C@@H](NC(=O)CO)C6CC6)nc54)c3)cc2)[nH]1)C1CC1. The number of benzene rings is 3. The second kappa shape index (κ2) is 15.1. The number of aromatic nitrogens is 4. The first-order chi connectivity index (χ1) is 28.7. The number of carbonyl (C=O) groups is 4. The molecule has 2 saturated carbocycles. The number of aliphatic hydroxyl groups excluding tert-OH is 1. The zero-order chi connectivity index (χ0) is 42.1. The molecule has 17 heteroatoms. The topological polar surface area (TPSA) is 186 Å². The summed E-state index contributed by atoms with van der Waals surface area (Å²) >= 11 is 0. The minimum absolute atomic E-state index is 0.0840. The van der Waals surface area contributed by atoms with Crippen molar-refractivity contribution in [1.82, 2.24) is 40.4 Å². The zero-order valence-electron chi connectivity index (χ0n) is 33.6. The number of methoxy groups -OCH3 is 1. The van der Waals surface area contributed by atoms with Gasteiger partial charge in [-0.1, -0.05) is 55.6 Å². The Morgan fingerprint density at radius 2 is 1.55 bits per heavy atom. The number of rotatable bonds is 11. The summed E-state index contributed by atoms with van der Waals surface area (Å²) in [6.45, 7) is 2.96. The van der Waals surface area contributed by atoms with E-state index >= 15 is 0 Å². The van der Waals surface area contributed by atoms with Crippen LogP contribution in [-0.4, -0.2) is 111 Å². The number of aromatic amines is 2. The highest BCUT2D eigenvalue weighted by atomic mass is 28.3. The summed E-state index contributed by atoms with van der Waals surface area (Å²) in [4.78, 5) is 71.0. The smallest absolute Gasteiger partial charge is 0.407 e. The number of aliphatic hydroxyl groups is 1. The number of H-pyrrole nitrogens is 2. The molecule has 60 heavy (non-hydrogen) atoms. The van der Waals surface area contributed by atoms with Gasteiger partial charge in [-0.3, -0.25) is 14.4 Å². The molecule has 2 saturated heterocycles. The predicted molar refractivity (Wildman–Crippen MR) is 221 cm³/mol. The highest BCUT2D eigenvalue weighted by molar-refractivity contribution is 6.78. The molecule has 4 aliphatic rings. The Bertz CT molecular complexity index is 2500. The van der Waals surface area contributed by atoms with Crippen molar-refractivity contribution in [1.29, 1.82) is 0 Å². The molecule has 314 valence electrons. The van der Waals surface area contributed by atoms with Crippen molar-refractivity contribution in [2.24, 2.45) is 11.8 Å². The Kier molecular flexibility index (Phi) is 10.0. The Morgan fingerprint density at radius 3 is 2.23 bits per heavy atom. The lowest BCUT2D eigenvalue weighted by Crippen LogP contribution is -2.50. The van der Waals surface area contributed by atoms with Crippen molar-refractivity contribution < 1.29 is 37.8 Å². The highest BCUT2D eigenvalue weighted by Gasteiger charge is 2.52. The third kappa shape index (κ3) is 7.75. The fourth-order valence-corrected chi connectivity index (χ4v) is 12.0. The van der Waals surface area contributed by atoms with E-state index in [9.17, 15) is 33.1 Å². The molecule has 0 bridgehead atoms. The largest absolute Gasteiger partial charge is 0.453 e. The fraction of sp³-hybridized carbons (Fsp3) is 0.442. The number of ether oxygens (including phenoxy) is 1. The first-order valence-electron chi connectivity index (χ1n) is 20.5. The number of hydrogen-bond donors (Lipinski definition) is 5. The summed E-state index contributed by atoms with van der Waals surface area (Å²) < 4.78 is 34.7. The van der Waals surface area contributed by atoms with Crippen LogP contribution >= 0.6 is 0 Å². The molecule has 5 aromatic rings. The summed E-state index contributed by atoms with van der Waals surface area (Å²) in [5.41, 5.74) is 4.97. The molecular weight excluding hydrogens is 791 g/mol. The maximum Gasteiger partial charge on any atom is 0.407 e. The van der Waals surface area contributed by atoms with Crippen molar-refractivity contribution in [3.63, 3.8) is 0 Å². The summed E-state index contributed by atoms with van der Waals surface area (Å²) in [6, 6.07) is 16.0. The zero-order valence-corrected chi connectivity index (χ0v) is 34.6. The first-order valence-corrected chi connectivity index (χ1v) is 23.9. The van der Waals surface area contributed by atoms with Gasteiger partial charge in [0.15, 0.2) is 0 Å². The molecule has 2 aliphatic carbocycles. The van der Waals surface area contributed by atoms with E-state index in [1.165, 1.54) is 7.11 Å². The third-order valence-electron chi connectivity index (χ3n) is 12.4. The lowest BCUT2D eigenvalue weighted by atomic mass is 9.99. The molecule has 4 heterocycles. The standard InChI is InChI=1S/C43H48F2N8O6Si/c1-59-42(58)51-36(26-10-11-26)41(57)53-22-60(2,3)20-33(53)38-46-18-31(48-38)24-6-4-23(5-7-24)27-12-14-29-28(16-27)13-15-30-37(29)50-39(47-30)32-17-43(44,45)21-52(32)40(56)35(25-8-9-25)49-34(55)19-54/h4-7,12-16,18,25-26,32-33,35-36,54H,8-11,17,19-22H2,1-3H3,(H,46,48)(H,47,50)(H,49,55)(H,51,58)/t32-,33-,35-,36-/m0/s1. The van der Waals surface area contributed by atoms with Crippen LogP contribution in [0.25, 0.3) is 44.2 Å². The van der Waals surface area contributed by atoms with Crippen molar-refractivity contribution in [3.8, 4) is 22.4 Å². The van der Waals surface area contributed by atoms with Gasteiger partial charge < -0.3 is 40.2 Å². The number of nitrogens with zero attached hydrogens (tertiary/aromatic N) is 4. The second-order valence-corrected chi connectivity index (χ2v) is 22.7. The molecule has 2 aliphatic heterocycles. The number of alkyl carbamates (subject to hydrolysis) is 1. The number of hydrogen-bond acceptors (Lipinski definition) is 8. The molecule has 4 atom stereocenters. The molecule has 4 amide bonds. The number of likely N-dealkylation sites (tertiary alicyclic amines) is 1. The quantitative estimate of drug-likeness (QED) is 0.103. The Hall–Kier alpha value is -5.68. The van der Waals surface area contributed by atoms with E-state index in [0.29, 0.717) is 30.0 Å². The molecule has 14 nitrogen and oxygen atoms in total. The number of amides is 4. The monoisotopic (exact) mass is 838 g/mol. The molecule has 5 N–H and O–H groups in total. The lowest BCUT2D eigenvalue weighted by molar-refractivity contribution is -0.139. The van der Waals surface area contributed by atoms with Crippen molar-refractivity contribution in [3.05, 3.63) is 72.4 Å². The molecule has 3 aromatic carbocycles. The summed E-state index contributed by atoms with van der Waals surface area (Å²) in [6.07, 6.45) is 4.44. The van der Waals surface area contributed by atoms with E-state index in [2.05, 4.69) is 39.8 Å². The van der Waals surface area contributed by atoms with Gasteiger partial charge in [-0.25, -0.2) is 23.5 Å². The molecule has 0 spiro atoms. The van der Waals surface area contributed by atoms with Gasteiger partial charge in [-0.15, -0.1) is 0 Å². The van der Waals surface area contributed by atoms with E-state index in [0.717, 1.165) is 62.8 Å². The first kappa shape index (κ1) is 39.8. The minimum atomic E-state index is -3.14. The van der Waals surface area contributed by atoms with E-state index in [1.807, 2.05) is 53.4 Å². The van der Waals surface area contributed by atoms with Crippen LogP contribution in [0.3, 0.4) is 0 Å². The van der Waals surface area contributed by atoms with Gasteiger partial charge in [-0.2, -0.15) is 0 Å². The average molecular weight is 839 g/mol. The number of nitrogens with one attached hydrogen (secondary N) is 4. The molecule has 2 aromatic heterocycles. The number of imidazole rings is 2. The van der Waals surface area contributed by atoms with E-state index in [4.69, 9.17) is 14.7 Å². The van der Waals surface area contributed by atoms with Gasteiger partial charge in [0.05, 0.1) is 56.7 Å². The van der Waals surface area contributed by atoms with Crippen LogP contribution in [0.1, 0.15) is 55.8 Å². The van der Waals surface area contributed by atoms with Crippen LogP contribution < -0.4 is 10.6 Å². The van der Waals surface area contributed by atoms with E-state index in [-0.39, 0.29) is 29.6 Å². The number of fused-ring (bicyclic) bond motifs is 3. The normalized spacial score (nSPS) is 21.9. The van der Waals surface area contributed by atoms with E-state index < -0.39 is 69.6 Å². The summed E-state index contributed by atoms with van der Waals surface area (Å²) in [7, 11) is -0.461. The predicted octanol–water partition coefficient (Wildman–Crippen LogP) is 5.83. The summed E-state index contributed by atoms with van der Waals surface area (Å²) in [5.74, 6) is -3.60. The molecule has 4 fully saturated rings. The van der Waals surface area contributed by atoms with Crippen LogP contribution in [0.4, 0.5) is 13.6 Å². The van der Waals surface area contributed by atoms with Gasteiger partial charge in [0.1, 0.15) is 30.3 Å². The Balaban J connectivity index is 0.931. The maximum absolute atomic E-state index is 15.0. The number of alkyl halides is 2. The number of halogens is 2. The maximum atomic E-state index is 15.0. The van der Waals surface area contributed by atoms with Crippen LogP contribution in [0.2, 0.25) is 19.1 Å². The fourth-order valence-electron chi connectivity index (χ4n) is 9.08. The van der Waals surface area contributed by atoms with Crippen LogP contribution in [-0.2, 0) is 19.1 Å². The highest BCUT2D eigenvalue weighted by Crippen LogP contribution is 2.44. The van der Waals surface area contributed by atoms with Gasteiger partial charge in [0, 0.05) is 18.0 Å². The van der Waals surface area contributed by atoms with Crippen LogP contribution in [0.5, 0.6) is 0 Å². The second-order valence-electron chi connectivity index (χ2n) is 17.7. The Labute approximate surface area is 345 Å². The average Bonchev–Trinajstić information content (AvgIpc) is 4.10. The van der Waals surface area contributed by atoms with Gasteiger partial charge in [0.25, 0.3) is 5.92 Å². The van der Waals surface area contributed by atoms with Crippen molar-refractivity contribution >= 4 is 53.7 Å². The minimum Gasteiger partial charge on any atom is -0.453 e. The molecular formula is C43H48F2N8O6Si. The van der Waals surface area contributed by atoms with E-state index in [1.54, 1.807) is 6.20 Å². The van der Waals surface area contributed by atoms with Gasteiger partial charge in [-0.05, 0) is 77.8 Å². The number of carbonyl (C=O) groups excluding carboxylic acids is 4.